The first kappa shape index (κ1) is 12.5. The highest BCUT2D eigenvalue weighted by molar-refractivity contribution is 9.09. The lowest BCUT2D eigenvalue weighted by molar-refractivity contribution is -0.0175. The summed E-state index contributed by atoms with van der Waals surface area (Å²) >= 11 is 3.50. The molecule has 2 aliphatic rings. The average molecular weight is 312 g/mol. The van der Waals surface area contributed by atoms with Crippen LogP contribution >= 0.6 is 15.9 Å². The Balaban J connectivity index is 1.64. The van der Waals surface area contributed by atoms with Gasteiger partial charge in [-0.25, -0.2) is 0 Å². The third-order valence-electron chi connectivity index (χ3n) is 3.67. The smallest absolute Gasteiger partial charge is 0.122 e. The zero-order chi connectivity index (χ0) is 12.4. The van der Waals surface area contributed by atoms with E-state index >= 15 is 0 Å². The predicted molar refractivity (Wildman–Crippen MR) is 74.7 cm³/mol. The van der Waals surface area contributed by atoms with Crippen molar-refractivity contribution in [3.8, 4) is 5.75 Å². The number of alkyl halides is 1. The van der Waals surface area contributed by atoms with E-state index in [1.165, 1.54) is 5.56 Å². The van der Waals surface area contributed by atoms with Crippen molar-refractivity contribution in [1.82, 2.24) is 4.90 Å². The molecule has 0 bridgehead atoms. The van der Waals surface area contributed by atoms with Crippen molar-refractivity contribution in [2.45, 2.75) is 12.0 Å². The lowest BCUT2D eigenvalue weighted by Gasteiger charge is -2.33. The maximum absolute atomic E-state index is 5.74. The molecule has 2 unspecified atom stereocenters. The van der Waals surface area contributed by atoms with Gasteiger partial charge in [0.25, 0.3) is 0 Å². The Kier molecular flexibility index (Phi) is 3.87. The van der Waals surface area contributed by atoms with Crippen molar-refractivity contribution in [1.29, 1.82) is 0 Å². The molecule has 0 saturated carbocycles. The van der Waals surface area contributed by atoms with E-state index in [0.29, 0.717) is 12.0 Å². The van der Waals surface area contributed by atoms with Crippen LogP contribution < -0.4 is 4.74 Å². The molecule has 0 aliphatic carbocycles. The van der Waals surface area contributed by atoms with Crippen molar-refractivity contribution in [3.05, 3.63) is 29.8 Å². The molecule has 2 atom stereocenters. The minimum atomic E-state index is 0.330. The molecule has 2 aliphatic heterocycles. The molecule has 98 valence electrons. The molecule has 1 aromatic carbocycles. The summed E-state index contributed by atoms with van der Waals surface area (Å²) in [6, 6.07) is 8.39. The number of benzene rings is 1. The maximum atomic E-state index is 5.74. The van der Waals surface area contributed by atoms with Crippen LogP contribution in [-0.2, 0) is 4.74 Å². The molecule has 2 heterocycles. The molecule has 0 amide bonds. The highest BCUT2D eigenvalue weighted by Gasteiger charge is 2.28. The van der Waals surface area contributed by atoms with E-state index in [9.17, 15) is 0 Å². The fourth-order valence-electron chi connectivity index (χ4n) is 2.73. The largest absolute Gasteiger partial charge is 0.493 e. The number of rotatable bonds is 3. The normalized spacial score (nSPS) is 27.8. The first-order chi connectivity index (χ1) is 8.86. The third kappa shape index (κ3) is 2.56. The standard InChI is InChI=1S/C14H18BrNO2/c15-7-12-9-16(5-6-17-12)8-11-10-18-14-4-2-1-3-13(11)14/h1-4,11-12H,5-10H2. The number of ether oxygens (including phenoxy) is 2. The van der Waals surface area contributed by atoms with Gasteiger partial charge in [0.1, 0.15) is 5.75 Å². The van der Waals surface area contributed by atoms with Crippen molar-refractivity contribution in [2.24, 2.45) is 0 Å². The summed E-state index contributed by atoms with van der Waals surface area (Å²) in [6.45, 7) is 4.77. The van der Waals surface area contributed by atoms with E-state index in [1.807, 2.05) is 6.07 Å². The molecule has 0 spiro atoms. The van der Waals surface area contributed by atoms with E-state index < -0.39 is 0 Å². The van der Waals surface area contributed by atoms with Crippen LogP contribution in [0.4, 0.5) is 0 Å². The van der Waals surface area contributed by atoms with Gasteiger partial charge in [0.2, 0.25) is 0 Å². The van der Waals surface area contributed by atoms with Crippen molar-refractivity contribution < 1.29 is 9.47 Å². The molecular weight excluding hydrogens is 294 g/mol. The van der Waals surface area contributed by atoms with E-state index in [2.05, 4.69) is 39.0 Å². The Hall–Kier alpha value is -0.580. The zero-order valence-corrected chi connectivity index (χ0v) is 11.9. The Morgan fingerprint density at radius 1 is 1.33 bits per heavy atom. The summed E-state index contributed by atoms with van der Waals surface area (Å²) in [6.07, 6.45) is 0.330. The van der Waals surface area contributed by atoms with Gasteiger partial charge in [0, 0.05) is 36.4 Å². The molecule has 0 aromatic heterocycles. The summed E-state index contributed by atoms with van der Waals surface area (Å²) < 4.78 is 11.4. The van der Waals surface area contributed by atoms with Crippen LogP contribution in [-0.4, -0.2) is 49.2 Å². The van der Waals surface area contributed by atoms with Gasteiger partial charge in [-0.1, -0.05) is 34.1 Å². The van der Waals surface area contributed by atoms with Crippen molar-refractivity contribution >= 4 is 15.9 Å². The Morgan fingerprint density at radius 2 is 2.22 bits per heavy atom. The van der Waals surface area contributed by atoms with Crippen LogP contribution in [0.25, 0.3) is 0 Å². The maximum Gasteiger partial charge on any atom is 0.122 e. The second-order valence-electron chi connectivity index (χ2n) is 4.95. The Labute approximate surface area is 116 Å². The molecular formula is C14H18BrNO2. The quantitative estimate of drug-likeness (QED) is 0.799. The van der Waals surface area contributed by atoms with Gasteiger partial charge in [0.15, 0.2) is 0 Å². The molecule has 4 heteroatoms. The minimum Gasteiger partial charge on any atom is -0.493 e. The van der Waals surface area contributed by atoms with Crippen LogP contribution in [0.3, 0.4) is 0 Å². The summed E-state index contributed by atoms with van der Waals surface area (Å²) in [5.74, 6) is 1.57. The van der Waals surface area contributed by atoms with Crippen LogP contribution in [0.5, 0.6) is 5.75 Å². The first-order valence-corrected chi connectivity index (χ1v) is 7.60. The average Bonchev–Trinajstić information content (AvgIpc) is 2.83. The predicted octanol–water partition coefficient (Wildman–Crippen LogP) is 2.26. The molecule has 1 fully saturated rings. The summed E-state index contributed by atoms with van der Waals surface area (Å²) in [4.78, 5) is 2.49. The van der Waals surface area contributed by atoms with E-state index in [1.54, 1.807) is 0 Å². The number of para-hydroxylation sites is 1. The molecule has 1 aromatic rings. The van der Waals surface area contributed by atoms with E-state index in [0.717, 1.165) is 43.9 Å². The number of hydrogen-bond donors (Lipinski definition) is 0. The van der Waals surface area contributed by atoms with Crippen LogP contribution in [0, 0.1) is 0 Å². The third-order valence-corrected chi connectivity index (χ3v) is 4.39. The first-order valence-electron chi connectivity index (χ1n) is 6.48. The molecule has 3 nitrogen and oxygen atoms in total. The van der Waals surface area contributed by atoms with E-state index in [-0.39, 0.29) is 0 Å². The minimum absolute atomic E-state index is 0.330. The van der Waals surface area contributed by atoms with Crippen LogP contribution in [0.2, 0.25) is 0 Å². The second kappa shape index (κ2) is 5.59. The fraction of sp³-hybridized carbons (Fsp3) is 0.571. The van der Waals surface area contributed by atoms with Gasteiger partial charge in [-0.2, -0.15) is 0 Å². The van der Waals surface area contributed by atoms with E-state index in [4.69, 9.17) is 9.47 Å². The highest BCUT2D eigenvalue weighted by Crippen LogP contribution is 2.34. The summed E-state index contributed by atoms with van der Waals surface area (Å²) in [5, 5.41) is 0.918. The summed E-state index contributed by atoms with van der Waals surface area (Å²) in [5.41, 5.74) is 1.36. The topological polar surface area (TPSA) is 21.7 Å². The Bertz CT molecular complexity index is 413. The van der Waals surface area contributed by atoms with Gasteiger partial charge in [0.05, 0.1) is 19.3 Å². The SMILES string of the molecule is BrCC1CN(CC2COc3ccccc32)CCO1. The number of halogens is 1. The zero-order valence-electron chi connectivity index (χ0n) is 10.3. The van der Waals surface area contributed by atoms with Crippen molar-refractivity contribution in [2.75, 3.05) is 38.2 Å². The van der Waals surface area contributed by atoms with Crippen molar-refractivity contribution in [3.63, 3.8) is 0 Å². The highest BCUT2D eigenvalue weighted by atomic mass is 79.9. The number of nitrogens with zero attached hydrogens (tertiary/aromatic N) is 1. The number of hydrogen-bond acceptors (Lipinski definition) is 3. The molecule has 0 N–H and O–H groups in total. The monoisotopic (exact) mass is 311 g/mol. The van der Waals surface area contributed by atoms with Gasteiger partial charge >= 0.3 is 0 Å². The van der Waals surface area contributed by atoms with Crippen LogP contribution in [0.1, 0.15) is 11.5 Å². The molecule has 1 saturated heterocycles. The fourth-order valence-corrected chi connectivity index (χ4v) is 3.12. The molecule has 0 radical (unpaired) electrons. The molecule has 3 rings (SSSR count). The number of morpholine rings is 1. The molecule has 18 heavy (non-hydrogen) atoms. The van der Waals surface area contributed by atoms with Gasteiger partial charge in [-0.15, -0.1) is 0 Å². The van der Waals surface area contributed by atoms with Gasteiger partial charge in [-0.3, -0.25) is 4.90 Å². The summed E-state index contributed by atoms with van der Waals surface area (Å²) in [7, 11) is 0. The van der Waals surface area contributed by atoms with Gasteiger partial charge < -0.3 is 9.47 Å². The Morgan fingerprint density at radius 3 is 3.11 bits per heavy atom. The van der Waals surface area contributed by atoms with Crippen LogP contribution in [0.15, 0.2) is 24.3 Å². The van der Waals surface area contributed by atoms with Gasteiger partial charge in [-0.05, 0) is 6.07 Å². The second-order valence-corrected chi connectivity index (χ2v) is 5.60. The lowest BCUT2D eigenvalue weighted by Crippen LogP contribution is -2.44. The lowest BCUT2D eigenvalue weighted by atomic mass is 10.0. The number of fused-ring (bicyclic) bond motifs is 1.